The van der Waals surface area contributed by atoms with Crippen LogP contribution in [0, 0.1) is 6.92 Å². The zero-order valence-electron chi connectivity index (χ0n) is 11.5. The number of ether oxygens (including phenoxy) is 1. The van der Waals surface area contributed by atoms with E-state index in [1.807, 2.05) is 12.1 Å². The summed E-state index contributed by atoms with van der Waals surface area (Å²) in [5, 5.41) is 0.495. The van der Waals surface area contributed by atoms with Gasteiger partial charge in [0.15, 0.2) is 0 Å². The van der Waals surface area contributed by atoms with Crippen LogP contribution in [-0.2, 0) is 6.61 Å². The van der Waals surface area contributed by atoms with E-state index in [2.05, 4.69) is 44.0 Å². The van der Waals surface area contributed by atoms with Gasteiger partial charge in [0.05, 0.1) is 0 Å². The minimum absolute atomic E-state index is 0.441. The SMILES string of the molecule is Cc1ccc(C(C)C)c(OCc2ccnc(Cl)c2)c1. The Labute approximate surface area is 119 Å². The molecule has 2 nitrogen and oxygen atoms in total. The van der Waals surface area contributed by atoms with Crippen molar-refractivity contribution in [2.75, 3.05) is 0 Å². The fraction of sp³-hybridized carbons (Fsp3) is 0.312. The highest BCUT2D eigenvalue weighted by atomic mass is 35.5. The molecule has 0 fully saturated rings. The number of halogens is 1. The van der Waals surface area contributed by atoms with Crippen molar-refractivity contribution in [3.63, 3.8) is 0 Å². The van der Waals surface area contributed by atoms with E-state index in [1.165, 1.54) is 11.1 Å². The number of rotatable bonds is 4. The molecule has 1 aromatic carbocycles. The Morgan fingerprint density at radius 2 is 2.00 bits per heavy atom. The maximum absolute atomic E-state index is 5.93. The first-order chi connectivity index (χ1) is 9.06. The van der Waals surface area contributed by atoms with E-state index in [9.17, 15) is 0 Å². The predicted octanol–water partition coefficient (Wildman–Crippen LogP) is 4.75. The van der Waals surface area contributed by atoms with Crippen LogP contribution in [0.3, 0.4) is 0 Å². The lowest BCUT2D eigenvalue weighted by atomic mass is 10.0. The standard InChI is InChI=1S/C16H18ClNO/c1-11(2)14-5-4-12(3)8-15(14)19-10-13-6-7-18-16(17)9-13/h4-9,11H,10H2,1-3H3. The van der Waals surface area contributed by atoms with Crippen molar-refractivity contribution in [3.8, 4) is 5.75 Å². The molecule has 0 amide bonds. The highest BCUT2D eigenvalue weighted by Gasteiger charge is 2.08. The van der Waals surface area contributed by atoms with Crippen molar-refractivity contribution in [2.24, 2.45) is 0 Å². The van der Waals surface area contributed by atoms with Crippen molar-refractivity contribution < 1.29 is 4.74 Å². The summed E-state index contributed by atoms with van der Waals surface area (Å²) in [4.78, 5) is 3.96. The van der Waals surface area contributed by atoms with Gasteiger partial charge in [-0.3, -0.25) is 0 Å². The van der Waals surface area contributed by atoms with Gasteiger partial charge in [-0.25, -0.2) is 4.98 Å². The summed E-state index contributed by atoms with van der Waals surface area (Å²) in [5.74, 6) is 1.39. The zero-order chi connectivity index (χ0) is 13.8. The Hall–Kier alpha value is -1.54. The number of nitrogens with zero attached hydrogens (tertiary/aromatic N) is 1. The first-order valence-corrected chi connectivity index (χ1v) is 6.78. The lowest BCUT2D eigenvalue weighted by Crippen LogP contribution is -2.00. The quantitative estimate of drug-likeness (QED) is 0.752. The summed E-state index contributed by atoms with van der Waals surface area (Å²) in [5.41, 5.74) is 3.45. The van der Waals surface area contributed by atoms with E-state index < -0.39 is 0 Å². The van der Waals surface area contributed by atoms with Gasteiger partial charge in [0.1, 0.15) is 17.5 Å². The molecule has 0 aliphatic heterocycles. The van der Waals surface area contributed by atoms with Gasteiger partial charge < -0.3 is 4.74 Å². The second-order valence-electron chi connectivity index (χ2n) is 4.97. The summed E-state index contributed by atoms with van der Waals surface area (Å²) in [6.45, 7) is 6.91. The number of benzene rings is 1. The van der Waals surface area contributed by atoms with Gasteiger partial charge in [0.2, 0.25) is 0 Å². The average molecular weight is 276 g/mol. The normalized spacial score (nSPS) is 10.8. The topological polar surface area (TPSA) is 22.1 Å². The highest BCUT2D eigenvalue weighted by molar-refractivity contribution is 6.29. The van der Waals surface area contributed by atoms with E-state index in [0.717, 1.165) is 11.3 Å². The molecule has 0 saturated carbocycles. The number of hydrogen-bond donors (Lipinski definition) is 0. The van der Waals surface area contributed by atoms with Gasteiger partial charge in [0.25, 0.3) is 0 Å². The van der Waals surface area contributed by atoms with E-state index in [1.54, 1.807) is 6.20 Å². The maximum atomic E-state index is 5.93. The number of aryl methyl sites for hydroxylation is 1. The minimum Gasteiger partial charge on any atom is -0.489 e. The Morgan fingerprint density at radius 1 is 1.21 bits per heavy atom. The molecule has 0 radical (unpaired) electrons. The molecule has 19 heavy (non-hydrogen) atoms. The van der Waals surface area contributed by atoms with Crippen molar-refractivity contribution in [2.45, 2.75) is 33.3 Å². The van der Waals surface area contributed by atoms with Crippen molar-refractivity contribution >= 4 is 11.6 Å². The third kappa shape index (κ3) is 3.71. The first-order valence-electron chi connectivity index (χ1n) is 6.40. The van der Waals surface area contributed by atoms with Gasteiger partial charge in [0, 0.05) is 6.20 Å². The molecule has 0 aliphatic carbocycles. The van der Waals surface area contributed by atoms with Crippen LogP contribution in [0.2, 0.25) is 5.15 Å². The van der Waals surface area contributed by atoms with Crippen LogP contribution in [0.5, 0.6) is 5.75 Å². The lowest BCUT2D eigenvalue weighted by Gasteiger charge is -2.15. The molecule has 100 valence electrons. The molecule has 1 heterocycles. The number of pyridine rings is 1. The van der Waals surface area contributed by atoms with E-state index >= 15 is 0 Å². The smallest absolute Gasteiger partial charge is 0.129 e. The van der Waals surface area contributed by atoms with Crippen molar-refractivity contribution in [3.05, 3.63) is 58.4 Å². The van der Waals surface area contributed by atoms with Gasteiger partial charge in [-0.2, -0.15) is 0 Å². The van der Waals surface area contributed by atoms with Crippen molar-refractivity contribution in [1.29, 1.82) is 0 Å². The largest absolute Gasteiger partial charge is 0.489 e. The minimum atomic E-state index is 0.441. The van der Waals surface area contributed by atoms with Gasteiger partial charge in [-0.1, -0.05) is 37.6 Å². The molecule has 0 N–H and O–H groups in total. The van der Waals surface area contributed by atoms with Crippen molar-refractivity contribution in [1.82, 2.24) is 4.98 Å². The molecule has 3 heteroatoms. The van der Waals surface area contributed by atoms with Gasteiger partial charge in [-0.05, 0) is 47.7 Å². The van der Waals surface area contributed by atoms with E-state index in [0.29, 0.717) is 17.7 Å². The Kier molecular flexibility index (Phi) is 4.43. The van der Waals surface area contributed by atoms with Crippen LogP contribution in [0.25, 0.3) is 0 Å². The molecule has 0 aliphatic rings. The van der Waals surface area contributed by atoms with Crippen LogP contribution in [0.1, 0.15) is 36.5 Å². The molecule has 0 spiro atoms. The first kappa shape index (κ1) is 13.9. The lowest BCUT2D eigenvalue weighted by molar-refractivity contribution is 0.301. The molecule has 0 bridgehead atoms. The zero-order valence-corrected chi connectivity index (χ0v) is 12.2. The monoisotopic (exact) mass is 275 g/mol. The predicted molar refractivity (Wildman–Crippen MR) is 78.8 cm³/mol. The summed E-state index contributed by atoms with van der Waals surface area (Å²) in [6.07, 6.45) is 1.70. The second kappa shape index (κ2) is 6.07. The van der Waals surface area contributed by atoms with Gasteiger partial charge in [-0.15, -0.1) is 0 Å². The summed E-state index contributed by atoms with van der Waals surface area (Å²) in [7, 11) is 0. The van der Waals surface area contributed by atoms with Crippen LogP contribution in [-0.4, -0.2) is 4.98 Å². The highest BCUT2D eigenvalue weighted by Crippen LogP contribution is 2.28. The van der Waals surface area contributed by atoms with Crippen LogP contribution in [0.4, 0.5) is 0 Å². The summed E-state index contributed by atoms with van der Waals surface area (Å²) >= 11 is 5.87. The fourth-order valence-corrected chi connectivity index (χ4v) is 2.13. The average Bonchev–Trinajstić information content (AvgIpc) is 2.36. The van der Waals surface area contributed by atoms with Gasteiger partial charge >= 0.3 is 0 Å². The molecular weight excluding hydrogens is 258 g/mol. The number of hydrogen-bond acceptors (Lipinski definition) is 2. The molecule has 0 atom stereocenters. The molecule has 1 aromatic heterocycles. The Bertz CT molecular complexity index is 566. The Balaban J connectivity index is 2.17. The summed E-state index contributed by atoms with van der Waals surface area (Å²) in [6, 6.07) is 10.1. The van der Waals surface area contributed by atoms with E-state index in [-0.39, 0.29) is 0 Å². The molecule has 2 rings (SSSR count). The Morgan fingerprint density at radius 3 is 2.68 bits per heavy atom. The van der Waals surface area contributed by atoms with Crippen LogP contribution in [0.15, 0.2) is 36.5 Å². The third-order valence-electron chi connectivity index (χ3n) is 2.98. The third-order valence-corrected chi connectivity index (χ3v) is 3.18. The number of aromatic nitrogens is 1. The molecule has 0 unspecified atom stereocenters. The molecular formula is C16H18ClNO. The molecule has 0 saturated heterocycles. The summed E-state index contributed by atoms with van der Waals surface area (Å²) < 4.78 is 5.93. The molecule has 2 aromatic rings. The van der Waals surface area contributed by atoms with Crippen LogP contribution >= 0.6 is 11.6 Å². The van der Waals surface area contributed by atoms with Crippen LogP contribution < -0.4 is 4.74 Å². The van der Waals surface area contributed by atoms with E-state index in [4.69, 9.17) is 16.3 Å². The second-order valence-corrected chi connectivity index (χ2v) is 5.36. The maximum Gasteiger partial charge on any atom is 0.129 e. The fourth-order valence-electron chi connectivity index (χ4n) is 1.94.